The quantitative estimate of drug-likeness (QED) is 0.205. The van der Waals surface area contributed by atoms with Crippen molar-refractivity contribution in [3.8, 4) is 11.5 Å². The van der Waals surface area contributed by atoms with Crippen molar-refractivity contribution >= 4 is 17.5 Å². The summed E-state index contributed by atoms with van der Waals surface area (Å²) in [5, 5.41) is 15.3. The molecule has 3 aromatic rings. The average Bonchev–Trinajstić information content (AvgIpc) is 3.29. The molecule has 2 aromatic heterocycles. The van der Waals surface area contributed by atoms with Gasteiger partial charge in [-0.25, -0.2) is 0 Å². The van der Waals surface area contributed by atoms with E-state index in [1.807, 2.05) is 0 Å². The molecule has 0 aliphatic carbocycles. The van der Waals surface area contributed by atoms with Crippen LogP contribution in [0.15, 0.2) is 40.8 Å². The molecule has 0 saturated carbocycles. The van der Waals surface area contributed by atoms with Crippen molar-refractivity contribution in [1.29, 1.82) is 0 Å². The van der Waals surface area contributed by atoms with Crippen molar-refractivity contribution in [1.82, 2.24) is 9.78 Å². The first-order chi connectivity index (χ1) is 15.2. The number of hydrogen-bond acceptors (Lipinski definition) is 7. The second-order valence-electron chi connectivity index (χ2n) is 6.68. The third-order valence-corrected chi connectivity index (χ3v) is 4.58. The highest BCUT2D eigenvalue weighted by Crippen LogP contribution is 2.30. The molecule has 11 heteroatoms. The normalized spacial score (nSPS) is 11.3. The number of furan rings is 1. The summed E-state index contributed by atoms with van der Waals surface area (Å²) in [5.74, 6) is 0.299. The van der Waals surface area contributed by atoms with Crippen molar-refractivity contribution in [2.24, 2.45) is 0 Å². The molecule has 0 atom stereocenters. The van der Waals surface area contributed by atoms with Gasteiger partial charge in [-0.1, -0.05) is 0 Å². The van der Waals surface area contributed by atoms with Gasteiger partial charge in [-0.05, 0) is 56.3 Å². The van der Waals surface area contributed by atoms with Gasteiger partial charge in [0.2, 0.25) is 0 Å². The lowest BCUT2D eigenvalue weighted by molar-refractivity contribution is -0.386. The van der Waals surface area contributed by atoms with Gasteiger partial charge >= 0.3 is 12.3 Å². The SMILES string of the molecule is COc1cc(C(=O)/C=C/c2ccc(Cn3nc(C)c([N+](=O)[O-])c3C)o2)ccc1OC(F)F. The van der Waals surface area contributed by atoms with Crippen molar-refractivity contribution in [3.63, 3.8) is 0 Å². The Balaban J connectivity index is 1.71. The number of methoxy groups -OCH3 is 1. The molecular weight excluding hydrogens is 428 g/mol. The number of rotatable bonds is 9. The van der Waals surface area contributed by atoms with Gasteiger partial charge in [0.05, 0.1) is 18.6 Å². The van der Waals surface area contributed by atoms with Crippen molar-refractivity contribution in [3.05, 3.63) is 75.0 Å². The monoisotopic (exact) mass is 447 g/mol. The maximum absolute atomic E-state index is 12.4. The van der Waals surface area contributed by atoms with Crippen LogP contribution >= 0.6 is 0 Å². The first-order valence-corrected chi connectivity index (χ1v) is 9.32. The third kappa shape index (κ3) is 4.99. The summed E-state index contributed by atoms with van der Waals surface area (Å²) in [6, 6.07) is 7.18. The Kier molecular flexibility index (Phi) is 6.67. The highest BCUT2D eigenvalue weighted by atomic mass is 19.3. The van der Waals surface area contributed by atoms with Gasteiger partial charge in [0, 0.05) is 5.56 Å². The summed E-state index contributed by atoms with van der Waals surface area (Å²) >= 11 is 0. The maximum atomic E-state index is 12.4. The lowest BCUT2D eigenvalue weighted by Gasteiger charge is -2.10. The molecule has 0 bridgehead atoms. The molecule has 0 aliphatic rings. The van der Waals surface area contributed by atoms with E-state index in [9.17, 15) is 23.7 Å². The number of nitro groups is 1. The number of halogens is 2. The Morgan fingerprint density at radius 1 is 1.28 bits per heavy atom. The van der Waals surface area contributed by atoms with Crippen LogP contribution in [0.2, 0.25) is 0 Å². The maximum Gasteiger partial charge on any atom is 0.387 e. The number of alkyl halides is 2. The van der Waals surface area contributed by atoms with Gasteiger partial charge in [0.15, 0.2) is 17.3 Å². The fraction of sp³-hybridized carbons (Fsp3) is 0.238. The zero-order chi connectivity index (χ0) is 23.4. The van der Waals surface area contributed by atoms with Crippen LogP contribution in [0.25, 0.3) is 6.08 Å². The minimum Gasteiger partial charge on any atom is -0.493 e. The van der Waals surface area contributed by atoms with Crippen LogP contribution in [0.1, 0.15) is 33.3 Å². The van der Waals surface area contributed by atoms with Crippen molar-refractivity contribution in [2.45, 2.75) is 27.0 Å². The third-order valence-electron chi connectivity index (χ3n) is 4.58. The molecule has 0 radical (unpaired) electrons. The topological polar surface area (TPSA) is 110 Å². The smallest absolute Gasteiger partial charge is 0.387 e. The molecule has 0 fully saturated rings. The molecule has 0 unspecified atom stereocenters. The molecule has 1 aromatic carbocycles. The van der Waals surface area contributed by atoms with E-state index in [0.29, 0.717) is 22.9 Å². The predicted molar refractivity (Wildman–Crippen MR) is 109 cm³/mol. The zero-order valence-electron chi connectivity index (χ0n) is 17.4. The van der Waals surface area contributed by atoms with Crippen molar-refractivity contribution < 1.29 is 32.4 Å². The summed E-state index contributed by atoms with van der Waals surface area (Å²) in [4.78, 5) is 23.1. The van der Waals surface area contributed by atoms with Gasteiger partial charge < -0.3 is 13.9 Å². The number of allylic oxidation sites excluding steroid dienone is 1. The van der Waals surface area contributed by atoms with Gasteiger partial charge in [0.1, 0.15) is 22.9 Å². The summed E-state index contributed by atoms with van der Waals surface area (Å²) in [6.07, 6.45) is 2.71. The van der Waals surface area contributed by atoms with Crippen LogP contribution < -0.4 is 9.47 Å². The summed E-state index contributed by atoms with van der Waals surface area (Å²) < 4.78 is 41.3. The molecule has 2 heterocycles. The van der Waals surface area contributed by atoms with Gasteiger partial charge in [-0.15, -0.1) is 0 Å². The number of carbonyl (C=O) groups is 1. The molecule has 3 rings (SSSR count). The van der Waals surface area contributed by atoms with Gasteiger partial charge in [-0.3, -0.25) is 19.6 Å². The Morgan fingerprint density at radius 2 is 2.03 bits per heavy atom. The van der Waals surface area contributed by atoms with Crippen LogP contribution in [-0.2, 0) is 6.54 Å². The molecule has 9 nitrogen and oxygen atoms in total. The van der Waals surface area contributed by atoms with Crippen LogP contribution in [0.5, 0.6) is 11.5 Å². The first-order valence-electron chi connectivity index (χ1n) is 9.32. The predicted octanol–water partition coefficient (Wildman–Crippen LogP) is 4.56. The van der Waals surface area contributed by atoms with Crippen LogP contribution in [0, 0.1) is 24.0 Å². The summed E-state index contributed by atoms with van der Waals surface area (Å²) in [7, 11) is 1.28. The molecular formula is C21H19F2N3O6. The number of aryl methyl sites for hydroxylation is 1. The molecule has 0 spiro atoms. The zero-order valence-corrected chi connectivity index (χ0v) is 17.4. The van der Waals surface area contributed by atoms with E-state index >= 15 is 0 Å². The Bertz CT molecular complexity index is 1180. The highest BCUT2D eigenvalue weighted by molar-refractivity contribution is 6.07. The number of nitrogens with zero attached hydrogens (tertiary/aromatic N) is 3. The van der Waals surface area contributed by atoms with Gasteiger partial charge in [0.25, 0.3) is 0 Å². The van der Waals surface area contributed by atoms with Gasteiger partial charge in [-0.2, -0.15) is 13.9 Å². The first kappa shape index (κ1) is 22.7. The number of hydrogen-bond donors (Lipinski definition) is 0. The number of carbonyl (C=O) groups excluding carboxylic acids is 1. The van der Waals surface area contributed by atoms with Crippen LogP contribution in [0.4, 0.5) is 14.5 Å². The standard InChI is InChI=1S/C21H19F2N3O6/c1-12-20(26(28)29)13(2)25(24-12)11-16-6-5-15(31-16)7-8-17(27)14-4-9-18(32-21(22)23)19(10-14)30-3/h4-10,21H,11H2,1-3H3/b8-7+. The number of benzene rings is 1. The average molecular weight is 447 g/mol. The lowest BCUT2D eigenvalue weighted by Crippen LogP contribution is -2.04. The van der Waals surface area contributed by atoms with E-state index in [2.05, 4.69) is 9.84 Å². The van der Waals surface area contributed by atoms with Crippen LogP contribution in [0.3, 0.4) is 0 Å². The van der Waals surface area contributed by atoms with Crippen LogP contribution in [-0.4, -0.2) is 34.2 Å². The second-order valence-corrected chi connectivity index (χ2v) is 6.68. The number of ether oxygens (including phenoxy) is 2. The van der Waals surface area contributed by atoms with E-state index in [-0.39, 0.29) is 29.3 Å². The molecule has 0 saturated heterocycles. The lowest BCUT2D eigenvalue weighted by atomic mass is 10.1. The Hall–Kier alpha value is -4.02. The molecule has 0 amide bonds. The minimum atomic E-state index is -3.01. The van der Waals surface area contributed by atoms with E-state index in [1.165, 1.54) is 42.1 Å². The highest BCUT2D eigenvalue weighted by Gasteiger charge is 2.22. The van der Waals surface area contributed by atoms with E-state index in [1.54, 1.807) is 26.0 Å². The molecule has 0 aliphatic heterocycles. The number of ketones is 1. The van der Waals surface area contributed by atoms with Crippen molar-refractivity contribution in [2.75, 3.05) is 7.11 Å². The fourth-order valence-corrected chi connectivity index (χ4v) is 3.09. The summed E-state index contributed by atoms with van der Waals surface area (Å²) in [5.41, 5.74) is 0.888. The van der Waals surface area contributed by atoms with E-state index < -0.39 is 17.3 Å². The van der Waals surface area contributed by atoms with E-state index in [0.717, 1.165) is 0 Å². The van der Waals surface area contributed by atoms with E-state index in [4.69, 9.17) is 9.15 Å². The molecule has 0 N–H and O–H groups in total. The second kappa shape index (κ2) is 9.41. The Morgan fingerprint density at radius 3 is 2.66 bits per heavy atom. The largest absolute Gasteiger partial charge is 0.493 e. The summed E-state index contributed by atoms with van der Waals surface area (Å²) in [6.45, 7) is 0.335. The molecule has 32 heavy (non-hydrogen) atoms. The molecule has 168 valence electrons. The number of aromatic nitrogens is 2. The fourth-order valence-electron chi connectivity index (χ4n) is 3.09. The minimum absolute atomic E-state index is 0.00353. The Labute approximate surface area is 181 Å².